The van der Waals surface area contributed by atoms with Crippen LogP contribution < -0.4 is 0 Å². The molecule has 0 unspecified atom stereocenters. The van der Waals surface area contributed by atoms with Gasteiger partial charge in [-0.3, -0.25) is 0 Å². The summed E-state index contributed by atoms with van der Waals surface area (Å²) in [5, 5.41) is 8.47. The quantitative estimate of drug-likeness (QED) is 0.357. The summed E-state index contributed by atoms with van der Waals surface area (Å²) >= 11 is 3.70. The van der Waals surface area contributed by atoms with Crippen LogP contribution >= 0.6 is 12.2 Å². The molecule has 0 amide bonds. The number of hydrogen-bond acceptors (Lipinski definition) is 1. The maximum Gasteiger partial charge on any atom is 1.00 e. The average Bonchev–Trinajstić information content (AvgIpc) is 0.918. The fraction of sp³-hybridized carbons (Fsp3) is 0. The Morgan fingerprint density at radius 3 is 1.60 bits per heavy atom. The van der Waals surface area contributed by atoms with Gasteiger partial charge in [-0.2, -0.15) is 5.16 Å². The fourth-order valence-corrected chi connectivity index (χ4v) is 0. The van der Waals surface area contributed by atoms with Gasteiger partial charge in [0.15, 0.2) is 0 Å². The topological polar surface area (TPSA) is 22.3 Å². The van der Waals surface area contributed by atoms with E-state index >= 15 is 0 Å². The van der Waals surface area contributed by atoms with E-state index in [1.165, 1.54) is 5.16 Å². The first-order chi connectivity index (χ1) is 1.41. The molecule has 0 aromatic carbocycles. The maximum absolute atomic E-state index is 7.13. The van der Waals surface area contributed by atoms with Crippen LogP contribution in [-0.4, -0.2) is 56.5 Å². The van der Waals surface area contributed by atoms with Crippen molar-refractivity contribution in [1.82, 2.24) is 0 Å². The Morgan fingerprint density at radius 1 is 1.60 bits per heavy atom. The average molecular weight is 294 g/mol. The van der Waals surface area contributed by atoms with Crippen LogP contribution in [0.3, 0.4) is 0 Å². The summed E-state index contributed by atoms with van der Waals surface area (Å²) in [6.07, 6.45) is 0. The molecule has 0 aliphatic heterocycles. The summed E-state index contributed by atoms with van der Waals surface area (Å²) in [7, 11) is 0. The fourth-order valence-electron chi connectivity index (χ4n) is 0. The van der Waals surface area contributed by atoms with Crippen molar-refractivity contribution in [3.05, 3.63) is 5.41 Å². The number of isothiocyanates is 1. The van der Waals surface area contributed by atoms with Gasteiger partial charge in [0.2, 0.25) is 0 Å². The molecule has 0 saturated carbocycles. The van der Waals surface area contributed by atoms with Gasteiger partial charge in [0.05, 0.1) is 0 Å². The molecule has 0 aromatic rings. The Hall–Kier alpha value is 2.18. The van der Waals surface area contributed by atoms with E-state index in [-0.39, 0.29) is 73.8 Å². The van der Waals surface area contributed by atoms with Crippen molar-refractivity contribution >= 4 is 68.8 Å². The Labute approximate surface area is 94.3 Å². The Bertz CT molecular complexity index is 32.6. The standard InChI is InChI=1S/CNS.Au.K/c2-1-3;;/q-1;+1;. The molecule has 0 saturated heterocycles. The molecule has 0 heterocycles. The van der Waals surface area contributed by atoms with Crippen LogP contribution in [0.15, 0.2) is 0 Å². The first kappa shape index (κ1) is 15.7. The number of thiocarbonyl (C=S) groups is 1. The van der Waals surface area contributed by atoms with Gasteiger partial charge in [0, 0.05) is 51.4 Å². The van der Waals surface area contributed by atoms with E-state index in [0.717, 1.165) is 0 Å². The largest absolute Gasteiger partial charge is 1.00 e. The summed E-state index contributed by atoms with van der Waals surface area (Å²) in [6, 6.07) is 0. The number of nitrogens with zero attached hydrogens (tertiary/aromatic N) is 1. The molecule has 27 valence electrons. The zero-order chi connectivity index (χ0) is 2.71. The van der Waals surface area contributed by atoms with Gasteiger partial charge < -0.3 is 5.41 Å². The molecule has 0 spiro atoms. The molecule has 1 radical (unpaired) electrons. The minimum absolute atomic E-state index is 0. The minimum Gasteiger partial charge on any atom is -0.753 e. The van der Waals surface area contributed by atoms with Crippen LogP contribution in [0.2, 0.25) is 0 Å². The molecule has 0 N–H and O–H groups in total. The predicted molar refractivity (Wildman–Crippen MR) is 21.7 cm³/mol. The van der Waals surface area contributed by atoms with E-state index in [1.54, 1.807) is 0 Å². The molecule has 0 fully saturated rings. The van der Waals surface area contributed by atoms with E-state index in [9.17, 15) is 0 Å². The summed E-state index contributed by atoms with van der Waals surface area (Å²) in [6.45, 7) is 0. The van der Waals surface area contributed by atoms with Gasteiger partial charge in [0.1, 0.15) is 0 Å². The van der Waals surface area contributed by atoms with Gasteiger partial charge in [-0.25, -0.2) is 0 Å². The summed E-state index contributed by atoms with van der Waals surface area (Å²) < 4.78 is 0. The van der Waals surface area contributed by atoms with Crippen molar-refractivity contribution in [2.24, 2.45) is 0 Å². The van der Waals surface area contributed by atoms with Gasteiger partial charge in [-0.15, -0.1) is 0 Å². The molecular formula is CAuKNS. The third-order valence-electron chi connectivity index (χ3n) is 0. The van der Waals surface area contributed by atoms with E-state index in [0.29, 0.717) is 0 Å². The SMILES string of the molecule is [Au+].[K].[N-]=C=S. The van der Waals surface area contributed by atoms with Crippen molar-refractivity contribution in [3.63, 3.8) is 0 Å². The normalized spacial score (nSPS) is 1.60. The maximum atomic E-state index is 7.13. The van der Waals surface area contributed by atoms with Gasteiger partial charge in [-0.1, -0.05) is 12.2 Å². The minimum atomic E-state index is 0. The molecule has 0 aromatic heterocycles. The zero-order valence-corrected chi connectivity index (χ0v) is 8.76. The van der Waals surface area contributed by atoms with Crippen LogP contribution in [0.25, 0.3) is 5.41 Å². The van der Waals surface area contributed by atoms with Crippen LogP contribution in [0.5, 0.6) is 0 Å². The van der Waals surface area contributed by atoms with Crippen molar-refractivity contribution in [2.45, 2.75) is 0 Å². The molecule has 0 bridgehead atoms. The Balaban J connectivity index is -0.0000000200. The second-order valence-corrected chi connectivity index (χ2v) is 0.274. The third-order valence-corrected chi connectivity index (χ3v) is 0. The molecule has 0 aliphatic carbocycles. The molecule has 0 atom stereocenters. The smallest absolute Gasteiger partial charge is 0.753 e. The monoisotopic (exact) mass is 294 g/mol. The van der Waals surface area contributed by atoms with E-state index in [4.69, 9.17) is 5.41 Å². The van der Waals surface area contributed by atoms with Gasteiger partial charge in [0.25, 0.3) is 0 Å². The summed E-state index contributed by atoms with van der Waals surface area (Å²) in [5.74, 6) is 0. The predicted octanol–water partition coefficient (Wildman–Crippen LogP) is 0.275. The summed E-state index contributed by atoms with van der Waals surface area (Å²) in [5.41, 5.74) is 0. The van der Waals surface area contributed by atoms with E-state index in [1.807, 2.05) is 0 Å². The molecule has 0 aliphatic rings. The molecule has 1 nitrogen and oxygen atoms in total. The first-order valence-corrected chi connectivity index (χ1v) is 0.836. The van der Waals surface area contributed by atoms with Crippen molar-refractivity contribution in [2.75, 3.05) is 0 Å². The molecule has 0 rings (SSSR count). The van der Waals surface area contributed by atoms with Crippen LogP contribution in [0, 0.1) is 0 Å². The summed E-state index contributed by atoms with van der Waals surface area (Å²) in [4.78, 5) is 0. The van der Waals surface area contributed by atoms with E-state index in [2.05, 4.69) is 12.2 Å². The Morgan fingerprint density at radius 2 is 1.60 bits per heavy atom. The molecule has 5 heavy (non-hydrogen) atoms. The molecular weight excluding hydrogens is 294 g/mol. The van der Waals surface area contributed by atoms with Gasteiger partial charge in [-0.05, 0) is 0 Å². The van der Waals surface area contributed by atoms with Crippen molar-refractivity contribution in [1.29, 1.82) is 0 Å². The van der Waals surface area contributed by atoms with Gasteiger partial charge >= 0.3 is 22.4 Å². The van der Waals surface area contributed by atoms with Crippen molar-refractivity contribution in [3.8, 4) is 0 Å². The third kappa shape index (κ3) is 22.7. The van der Waals surface area contributed by atoms with E-state index < -0.39 is 0 Å². The zero-order valence-electron chi connectivity index (χ0n) is 2.66. The Kier molecular flexibility index (Phi) is 51.5. The second-order valence-electron chi connectivity index (χ2n) is 0.0913. The van der Waals surface area contributed by atoms with Crippen LogP contribution in [-0.2, 0) is 22.4 Å². The number of rotatable bonds is 0. The second kappa shape index (κ2) is 16.4. The van der Waals surface area contributed by atoms with Crippen LogP contribution in [0.1, 0.15) is 0 Å². The number of hydrogen-bond donors (Lipinski definition) is 0. The van der Waals surface area contributed by atoms with Crippen molar-refractivity contribution < 1.29 is 22.4 Å². The van der Waals surface area contributed by atoms with Crippen LogP contribution in [0.4, 0.5) is 0 Å². The first-order valence-electron chi connectivity index (χ1n) is 0.428. The molecule has 4 heteroatoms.